The van der Waals surface area contributed by atoms with Crippen molar-refractivity contribution in [2.75, 3.05) is 0 Å². The van der Waals surface area contributed by atoms with Crippen molar-refractivity contribution in [3.63, 3.8) is 0 Å². The summed E-state index contributed by atoms with van der Waals surface area (Å²) in [6.45, 7) is 1.89. The monoisotopic (exact) mass is 460 g/mol. The molecule has 9 nitrogen and oxygen atoms in total. The topological polar surface area (TPSA) is 136 Å². The quantitative estimate of drug-likeness (QED) is 0.223. The number of amides is 2. The molecule has 2 aromatic carbocycles. The van der Waals surface area contributed by atoms with Gasteiger partial charge in [0.15, 0.2) is 0 Å². The Morgan fingerprint density at radius 3 is 2.50 bits per heavy atom. The molecule has 2 aromatic heterocycles. The van der Waals surface area contributed by atoms with Gasteiger partial charge >= 0.3 is 0 Å². The Bertz CT molecular complexity index is 1430. The van der Waals surface area contributed by atoms with Gasteiger partial charge in [-0.3, -0.25) is 19.6 Å². The number of nitrogens with one attached hydrogen (secondary N) is 3. The zero-order valence-electron chi connectivity index (χ0n) is 18.6. The predicted octanol–water partition coefficient (Wildman–Crippen LogP) is 2.64. The summed E-state index contributed by atoms with van der Waals surface area (Å²) in [5.41, 5.74) is 5.22. The van der Waals surface area contributed by atoms with Gasteiger partial charge in [-0.2, -0.15) is 0 Å². The number of benzene rings is 2. The number of H-pyrrole nitrogens is 1. The maximum Gasteiger partial charge on any atom is 0.274 e. The SMILES string of the molecule is CC(O)c1cccc(-c2cn(C)c(=O)c3[nH]c(C(=O)NCc4ccc(C(=O)NO)cc4)cc23)c1. The number of rotatable bonds is 6. The zero-order valence-corrected chi connectivity index (χ0v) is 18.6. The summed E-state index contributed by atoms with van der Waals surface area (Å²) in [4.78, 5) is 39.9. The number of aliphatic hydroxyl groups excluding tert-OH is 1. The number of nitrogens with zero attached hydrogens (tertiary/aromatic N) is 1. The molecule has 2 amide bonds. The standard InChI is InChI=1S/C25H24N4O5/c1-14(30)17-4-3-5-18(10-17)20-13-29(2)25(33)22-19(20)11-21(27-22)24(32)26-12-15-6-8-16(9-7-15)23(31)28-34/h3-11,13-14,27,30,34H,12H2,1-2H3,(H,26,32)(H,28,31). The fourth-order valence-corrected chi connectivity index (χ4v) is 3.77. The van der Waals surface area contributed by atoms with E-state index in [1.807, 2.05) is 24.3 Å². The summed E-state index contributed by atoms with van der Waals surface area (Å²) < 4.78 is 1.45. The first-order valence-electron chi connectivity index (χ1n) is 10.6. The van der Waals surface area contributed by atoms with E-state index < -0.39 is 12.0 Å². The smallest absolute Gasteiger partial charge is 0.274 e. The van der Waals surface area contributed by atoms with Crippen molar-refractivity contribution in [1.29, 1.82) is 0 Å². The molecule has 2 heterocycles. The van der Waals surface area contributed by atoms with E-state index in [1.165, 1.54) is 16.7 Å². The van der Waals surface area contributed by atoms with Crippen LogP contribution in [0, 0.1) is 0 Å². The van der Waals surface area contributed by atoms with Crippen molar-refractivity contribution >= 4 is 22.7 Å². The lowest BCUT2D eigenvalue weighted by molar-refractivity contribution is 0.0706. The number of carbonyl (C=O) groups is 2. The summed E-state index contributed by atoms with van der Waals surface area (Å²) in [6, 6.07) is 15.5. The van der Waals surface area contributed by atoms with E-state index in [4.69, 9.17) is 5.21 Å². The summed E-state index contributed by atoms with van der Waals surface area (Å²) in [5.74, 6) is -1.01. The molecule has 4 aromatic rings. The second kappa shape index (κ2) is 9.34. The molecule has 174 valence electrons. The Morgan fingerprint density at radius 1 is 1.09 bits per heavy atom. The highest BCUT2D eigenvalue weighted by molar-refractivity contribution is 6.02. The average molecular weight is 460 g/mol. The van der Waals surface area contributed by atoms with Crippen molar-refractivity contribution in [2.24, 2.45) is 7.05 Å². The number of hydrogen-bond acceptors (Lipinski definition) is 5. The Hall–Kier alpha value is -4.21. The number of aromatic nitrogens is 2. The fraction of sp³-hybridized carbons (Fsp3) is 0.160. The van der Waals surface area contributed by atoms with E-state index in [2.05, 4.69) is 10.3 Å². The lowest BCUT2D eigenvalue weighted by Crippen LogP contribution is -2.23. The van der Waals surface area contributed by atoms with Crippen LogP contribution < -0.4 is 16.4 Å². The lowest BCUT2D eigenvalue weighted by atomic mass is 10.00. The van der Waals surface area contributed by atoms with Crippen molar-refractivity contribution in [3.05, 3.63) is 93.5 Å². The number of carbonyl (C=O) groups excluding carboxylic acids is 2. The van der Waals surface area contributed by atoms with Crippen LogP contribution in [0.4, 0.5) is 0 Å². The molecule has 0 spiro atoms. The van der Waals surface area contributed by atoms with Crippen LogP contribution in [0.15, 0.2) is 65.6 Å². The maximum absolute atomic E-state index is 12.8. The lowest BCUT2D eigenvalue weighted by Gasteiger charge is -2.10. The second-order valence-electron chi connectivity index (χ2n) is 8.05. The molecule has 9 heteroatoms. The van der Waals surface area contributed by atoms with Crippen LogP contribution in [0.5, 0.6) is 0 Å². The van der Waals surface area contributed by atoms with Crippen LogP contribution >= 0.6 is 0 Å². The first kappa shape index (κ1) is 23.0. The molecule has 34 heavy (non-hydrogen) atoms. The van der Waals surface area contributed by atoms with Gasteiger partial charge in [0.1, 0.15) is 11.2 Å². The fourth-order valence-electron chi connectivity index (χ4n) is 3.77. The van der Waals surface area contributed by atoms with Gasteiger partial charge < -0.3 is 20.0 Å². The molecule has 0 aliphatic carbocycles. The first-order chi connectivity index (χ1) is 16.3. The minimum Gasteiger partial charge on any atom is -0.389 e. The third-order valence-electron chi connectivity index (χ3n) is 5.66. The van der Waals surface area contributed by atoms with Crippen LogP contribution in [0.1, 0.15) is 45.0 Å². The summed E-state index contributed by atoms with van der Waals surface area (Å²) >= 11 is 0. The van der Waals surface area contributed by atoms with Crippen LogP contribution in [0.2, 0.25) is 0 Å². The van der Waals surface area contributed by atoms with E-state index in [9.17, 15) is 19.5 Å². The van der Waals surface area contributed by atoms with E-state index >= 15 is 0 Å². The molecular weight excluding hydrogens is 436 g/mol. The Morgan fingerprint density at radius 2 is 1.82 bits per heavy atom. The van der Waals surface area contributed by atoms with E-state index in [0.717, 1.165) is 22.3 Å². The number of aromatic amines is 1. The molecule has 0 aliphatic heterocycles. The number of hydroxylamine groups is 1. The second-order valence-corrected chi connectivity index (χ2v) is 8.05. The third kappa shape index (κ3) is 4.47. The molecule has 4 rings (SSSR count). The highest BCUT2D eigenvalue weighted by Gasteiger charge is 2.17. The van der Waals surface area contributed by atoms with Crippen LogP contribution in [0.3, 0.4) is 0 Å². The highest BCUT2D eigenvalue weighted by atomic mass is 16.5. The molecule has 0 fully saturated rings. The molecule has 0 saturated carbocycles. The predicted molar refractivity (Wildman–Crippen MR) is 126 cm³/mol. The minimum absolute atomic E-state index is 0.205. The highest BCUT2D eigenvalue weighted by Crippen LogP contribution is 2.29. The third-order valence-corrected chi connectivity index (χ3v) is 5.66. The molecule has 1 unspecified atom stereocenters. The van der Waals surface area contributed by atoms with Gasteiger partial charge in [-0.25, -0.2) is 5.48 Å². The molecular formula is C25H24N4O5. The molecule has 1 atom stereocenters. The van der Waals surface area contributed by atoms with Crippen molar-refractivity contribution in [1.82, 2.24) is 20.3 Å². The number of aryl methyl sites for hydroxylation is 1. The summed E-state index contributed by atoms with van der Waals surface area (Å²) in [5, 5.41) is 22.0. The summed E-state index contributed by atoms with van der Waals surface area (Å²) in [6.07, 6.45) is 1.08. The van der Waals surface area contributed by atoms with E-state index in [1.54, 1.807) is 43.8 Å². The molecule has 0 saturated heterocycles. The van der Waals surface area contributed by atoms with Gasteiger partial charge in [0, 0.05) is 36.3 Å². The number of fused-ring (bicyclic) bond motifs is 1. The van der Waals surface area contributed by atoms with Gasteiger partial charge in [-0.1, -0.05) is 30.3 Å². The maximum atomic E-state index is 12.8. The molecule has 0 aliphatic rings. The molecule has 0 bridgehead atoms. The average Bonchev–Trinajstić information content (AvgIpc) is 3.30. The zero-order chi connectivity index (χ0) is 24.4. The Balaban J connectivity index is 1.63. The largest absolute Gasteiger partial charge is 0.389 e. The summed E-state index contributed by atoms with van der Waals surface area (Å²) in [7, 11) is 1.64. The van der Waals surface area contributed by atoms with Crippen LogP contribution in [-0.2, 0) is 13.6 Å². The first-order valence-corrected chi connectivity index (χ1v) is 10.6. The van der Waals surface area contributed by atoms with Crippen LogP contribution in [0.25, 0.3) is 22.0 Å². The minimum atomic E-state index is -0.636. The van der Waals surface area contributed by atoms with E-state index in [-0.39, 0.29) is 29.3 Å². The van der Waals surface area contributed by atoms with Gasteiger partial charge in [-0.05, 0) is 47.9 Å². The van der Waals surface area contributed by atoms with Crippen LogP contribution in [-0.4, -0.2) is 31.7 Å². The van der Waals surface area contributed by atoms with Gasteiger partial charge in [-0.15, -0.1) is 0 Å². The molecule has 5 N–H and O–H groups in total. The van der Waals surface area contributed by atoms with Crippen molar-refractivity contribution in [2.45, 2.75) is 19.6 Å². The van der Waals surface area contributed by atoms with Gasteiger partial charge in [0.25, 0.3) is 17.4 Å². The van der Waals surface area contributed by atoms with E-state index in [0.29, 0.717) is 10.9 Å². The van der Waals surface area contributed by atoms with Crippen molar-refractivity contribution < 1.29 is 19.9 Å². The van der Waals surface area contributed by atoms with Crippen molar-refractivity contribution in [3.8, 4) is 11.1 Å². The van der Waals surface area contributed by atoms with Gasteiger partial charge in [0.05, 0.1) is 6.10 Å². The normalized spacial score (nSPS) is 11.9. The Labute approximate surface area is 194 Å². The molecule has 0 radical (unpaired) electrons. The number of pyridine rings is 1. The Kier molecular flexibility index (Phi) is 6.31. The number of aliphatic hydroxyl groups is 1. The number of hydrogen-bond donors (Lipinski definition) is 5. The van der Waals surface area contributed by atoms with Gasteiger partial charge in [0.2, 0.25) is 0 Å².